The Bertz CT molecular complexity index is 718. The number of thiazole rings is 1. The van der Waals surface area contributed by atoms with E-state index in [4.69, 9.17) is 4.74 Å². The van der Waals surface area contributed by atoms with Gasteiger partial charge in [-0.3, -0.25) is 9.88 Å². The molecule has 2 aromatic heterocycles. The van der Waals surface area contributed by atoms with Crippen molar-refractivity contribution < 1.29 is 9.53 Å². The van der Waals surface area contributed by atoms with Crippen molar-refractivity contribution in [1.29, 1.82) is 0 Å². The highest BCUT2D eigenvalue weighted by Gasteiger charge is 2.26. The van der Waals surface area contributed by atoms with E-state index in [9.17, 15) is 4.79 Å². The number of carbonyl (C=O) groups is 1. The largest absolute Gasteiger partial charge is 0.443 e. The lowest BCUT2D eigenvalue weighted by molar-refractivity contribution is 0.0585. The van der Waals surface area contributed by atoms with E-state index < -0.39 is 5.60 Å². The molecule has 24 heavy (non-hydrogen) atoms. The van der Waals surface area contributed by atoms with Gasteiger partial charge in [0.25, 0.3) is 0 Å². The van der Waals surface area contributed by atoms with Gasteiger partial charge in [0.1, 0.15) is 15.6 Å². The van der Waals surface area contributed by atoms with Crippen LogP contribution < -0.4 is 4.90 Å². The fourth-order valence-electron chi connectivity index (χ4n) is 2.02. The van der Waals surface area contributed by atoms with Crippen molar-refractivity contribution in [3.8, 4) is 10.6 Å². The van der Waals surface area contributed by atoms with Gasteiger partial charge in [0.2, 0.25) is 0 Å². The van der Waals surface area contributed by atoms with E-state index >= 15 is 0 Å². The first-order valence-electron chi connectivity index (χ1n) is 7.81. The summed E-state index contributed by atoms with van der Waals surface area (Å²) in [6.07, 6.45) is 6.96. The molecule has 6 heteroatoms. The number of ether oxygens (including phenoxy) is 1. The van der Waals surface area contributed by atoms with E-state index in [1.54, 1.807) is 17.3 Å². The summed E-state index contributed by atoms with van der Waals surface area (Å²) in [5, 5.41) is 1.63. The van der Waals surface area contributed by atoms with Crippen LogP contribution in [0.3, 0.4) is 0 Å². The van der Waals surface area contributed by atoms with Crippen molar-refractivity contribution in [2.45, 2.75) is 40.2 Å². The summed E-state index contributed by atoms with van der Waals surface area (Å²) < 4.78 is 5.54. The second-order valence-electron chi connectivity index (χ2n) is 6.31. The molecule has 0 bridgehead atoms. The monoisotopic (exact) mass is 345 g/mol. The van der Waals surface area contributed by atoms with Gasteiger partial charge in [-0.15, -0.1) is 0 Å². The van der Waals surface area contributed by atoms with Gasteiger partial charge in [0.05, 0.1) is 5.69 Å². The number of nitrogens with zero attached hydrogens (tertiary/aromatic N) is 3. The van der Waals surface area contributed by atoms with Gasteiger partial charge >= 0.3 is 6.09 Å². The Balaban J connectivity index is 2.36. The van der Waals surface area contributed by atoms with Gasteiger partial charge in [-0.2, -0.15) is 0 Å². The third-order valence-corrected chi connectivity index (χ3v) is 4.29. The van der Waals surface area contributed by atoms with Crippen LogP contribution in [-0.4, -0.2) is 28.2 Å². The summed E-state index contributed by atoms with van der Waals surface area (Å²) in [5.74, 6) is 0. The van der Waals surface area contributed by atoms with Crippen LogP contribution in [0.1, 0.15) is 33.4 Å². The third-order valence-electron chi connectivity index (χ3n) is 3.06. The van der Waals surface area contributed by atoms with Crippen LogP contribution in [0, 0.1) is 6.92 Å². The van der Waals surface area contributed by atoms with Crippen LogP contribution in [0.2, 0.25) is 0 Å². The van der Waals surface area contributed by atoms with Crippen molar-refractivity contribution in [3.63, 3.8) is 0 Å². The van der Waals surface area contributed by atoms with Crippen molar-refractivity contribution in [2.24, 2.45) is 0 Å². The number of aryl methyl sites for hydroxylation is 1. The molecule has 0 saturated heterocycles. The highest BCUT2D eigenvalue weighted by atomic mass is 32.1. The highest BCUT2D eigenvalue weighted by Crippen LogP contribution is 2.34. The van der Waals surface area contributed by atoms with Crippen LogP contribution >= 0.6 is 11.3 Å². The Hall–Kier alpha value is -2.21. The molecular formula is C18H23N3O2S. The quantitative estimate of drug-likeness (QED) is 0.745. The molecule has 2 heterocycles. The number of amides is 1. The smallest absolute Gasteiger partial charge is 0.415 e. The second-order valence-corrected chi connectivity index (χ2v) is 7.29. The first-order chi connectivity index (χ1) is 11.3. The summed E-state index contributed by atoms with van der Waals surface area (Å²) in [6, 6.07) is 3.83. The number of allylic oxidation sites excluding steroid dienone is 1. The van der Waals surface area contributed by atoms with Crippen LogP contribution in [0.25, 0.3) is 10.6 Å². The predicted octanol–water partition coefficient (Wildman–Crippen LogP) is 4.83. The van der Waals surface area contributed by atoms with Crippen molar-refractivity contribution >= 4 is 22.4 Å². The molecule has 0 aliphatic rings. The Labute approximate surface area is 147 Å². The average molecular weight is 345 g/mol. The standard InChI is InChI=1S/C18H23N3O2S/c1-6-7-11-21(17(22)23-18(3,4)5)16-13(2)20-15(24-16)14-9-8-10-19-12-14/h6-10,12H,11H2,1-5H3. The van der Waals surface area contributed by atoms with Gasteiger partial charge in [0, 0.05) is 24.5 Å². The van der Waals surface area contributed by atoms with Crippen LogP contribution in [0.4, 0.5) is 9.80 Å². The van der Waals surface area contributed by atoms with E-state index in [-0.39, 0.29) is 6.09 Å². The first-order valence-corrected chi connectivity index (χ1v) is 8.63. The number of aromatic nitrogens is 2. The van der Waals surface area contributed by atoms with Crippen LogP contribution in [0.5, 0.6) is 0 Å². The Morgan fingerprint density at radius 1 is 1.42 bits per heavy atom. The Kier molecular flexibility index (Phi) is 5.72. The normalized spacial score (nSPS) is 11.7. The van der Waals surface area contributed by atoms with Crippen molar-refractivity contribution in [2.75, 3.05) is 11.4 Å². The highest BCUT2D eigenvalue weighted by molar-refractivity contribution is 7.19. The predicted molar refractivity (Wildman–Crippen MR) is 98.5 cm³/mol. The fourth-order valence-corrected chi connectivity index (χ4v) is 3.08. The average Bonchev–Trinajstić information content (AvgIpc) is 2.89. The van der Waals surface area contributed by atoms with Crippen LogP contribution in [0.15, 0.2) is 36.7 Å². The van der Waals surface area contributed by atoms with Crippen LogP contribution in [-0.2, 0) is 4.74 Å². The fraction of sp³-hybridized carbons (Fsp3) is 0.389. The first kappa shape index (κ1) is 18.1. The number of rotatable bonds is 4. The maximum Gasteiger partial charge on any atom is 0.415 e. The number of hydrogen-bond acceptors (Lipinski definition) is 5. The summed E-state index contributed by atoms with van der Waals surface area (Å²) in [6.45, 7) is 9.85. The Morgan fingerprint density at radius 3 is 2.75 bits per heavy atom. The van der Waals surface area contributed by atoms with E-state index in [1.165, 1.54) is 11.3 Å². The lowest BCUT2D eigenvalue weighted by Crippen LogP contribution is -2.37. The molecule has 0 radical (unpaired) electrons. The maximum atomic E-state index is 12.6. The molecular weight excluding hydrogens is 322 g/mol. The molecule has 0 spiro atoms. The van der Waals surface area contributed by atoms with E-state index in [0.717, 1.165) is 21.3 Å². The van der Waals surface area contributed by atoms with Crippen molar-refractivity contribution in [3.05, 3.63) is 42.4 Å². The number of carbonyl (C=O) groups excluding carboxylic acids is 1. The zero-order chi connectivity index (χ0) is 17.7. The third kappa shape index (κ3) is 4.64. The SMILES string of the molecule is CC=CCN(C(=O)OC(C)(C)C)c1sc(-c2cccnc2)nc1C. The summed E-state index contributed by atoms with van der Waals surface area (Å²) >= 11 is 1.47. The molecule has 0 fully saturated rings. The van der Waals surface area contributed by atoms with E-state index in [2.05, 4.69) is 9.97 Å². The van der Waals surface area contributed by atoms with Gasteiger partial charge in [0.15, 0.2) is 0 Å². The van der Waals surface area contributed by atoms with Gasteiger partial charge < -0.3 is 4.74 Å². The second kappa shape index (κ2) is 7.57. The molecule has 2 rings (SSSR count). The minimum atomic E-state index is -0.546. The zero-order valence-corrected chi connectivity index (χ0v) is 15.6. The van der Waals surface area contributed by atoms with Gasteiger partial charge in [-0.05, 0) is 46.8 Å². The van der Waals surface area contributed by atoms with Crippen molar-refractivity contribution in [1.82, 2.24) is 9.97 Å². The summed E-state index contributed by atoms with van der Waals surface area (Å²) in [5.41, 5.74) is 1.19. The molecule has 128 valence electrons. The van der Waals surface area contributed by atoms with E-state index in [0.29, 0.717) is 6.54 Å². The zero-order valence-electron chi connectivity index (χ0n) is 14.7. The molecule has 0 saturated carbocycles. The van der Waals surface area contributed by atoms with Gasteiger partial charge in [-0.25, -0.2) is 9.78 Å². The molecule has 5 nitrogen and oxygen atoms in total. The molecule has 0 aliphatic carbocycles. The van der Waals surface area contributed by atoms with Gasteiger partial charge in [-0.1, -0.05) is 23.5 Å². The summed E-state index contributed by atoms with van der Waals surface area (Å²) in [4.78, 5) is 22.9. The number of hydrogen-bond donors (Lipinski definition) is 0. The molecule has 2 aromatic rings. The van der Waals surface area contributed by atoms with E-state index in [1.807, 2.05) is 58.9 Å². The molecule has 0 aliphatic heterocycles. The molecule has 0 unspecified atom stereocenters. The number of anilines is 1. The minimum Gasteiger partial charge on any atom is -0.443 e. The Morgan fingerprint density at radius 2 is 2.17 bits per heavy atom. The molecule has 1 amide bonds. The topological polar surface area (TPSA) is 55.3 Å². The lowest BCUT2D eigenvalue weighted by atomic mass is 10.2. The maximum absolute atomic E-state index is 12.6. The molecule has 0 aromatic carbocycles. The number of pyridine rings is 1. The molecule has 0 atom stereocenters. The minimum absolute atomic E-state index is 0.370. The summed E-state index contributed by atoms with van der Waals surface area (Å²) in [7, 11) is 0. The molecule has 0 N–H and O–H groups in total. The lowest BCUT2D eigenvalue weighted by Gasteiger charge is -2.26.